The van der Waals surface area contributed by atoms with Crippen LogP contribution in [0.3, 0.4) is 0 Å². The van der Waals surface area contributed by atoms with Crippen molar-refractivity contribution in [1.29, 1.82) is 0 Å². The van der Waals surface area contributed by atoms with Gasteiger partial charge in [0.2, 0.25) is 0 Å². The smallest absolute Gasteiger partial charge is 0.126 e. The maximum atomic E-state index is 5.28. The Kier molecular flexibility index (Phi) is 3.03. The van der Waals surface area contributed by atoms with Crippen LogP contribution in [0.2, 0.25) is 0 Å². The van der Waals surface area contributed by atoms with Gasteiger partial charge in [0.15, 0.2) is 0 Å². The molecule has 0 radical (unpaired) electrons. The normalized spacial score (nSPS) is 21.1. The number of hydrogen-bond acceptors (Lipinski definition) is 3. The molecule has 3 nitrogen and oxygen atoms in total. The number of nitrogens with one attached hydrogen (secondary N) is 1. The van der Waals surface area contributed by atoms with Crippen LogP contribution in [-0.4, -0.2) is 24.2 Å². The molecule has 1 N–H and O–H groups in total. The Morgan fingerprint density at radius 2 is 2.50 bits per heavy atom. The van der Waals surface area contributed by atoms with Crippen LogP contribution in [0.1, 0.15) is 12.0 Å². The molecule has 14 heavy (non-hydrogen) atoms. The second kappa shape index (κ2) is 4.28. The van der Waals surface area contributed by atoms with Crippen molar-refractivity contribution in [2.75, 3.05) is 18.5 Å². The van der Waals surface area contributed by atoms with Crippen LogP contribution in [0.5, 0.6) is 0 Å². The Bertz CT molecular complexity index is 324. The van der Waals surface area contributed by atoms with E-state index in [1.165, 1.54) is 5.56 Å². The third-order valence-electron chi connectivity index (χ3n) is 2.33. The van der Waals surface area contributed by atoms with Crippen LogP contribution < -0.4 is 5.32 Å². The zero-order valence-corrected chi connectivity index (χ0v) is 9.67. The van der Waals surface area contributed by atoms with Gasteiger partial charge in [0.1, 0.15) is 5.82 Å². The van der Waals surface area contributed by atoms with Crippen LogP contribution in [-0.2, 0) is 4.74 Å². The van der Waals surface area contributed by atoms with E-state index in [1.807, 2.05) is 12.3 Å². The molecule has 1 atom stereocenters. The van der Waals surface area contributed by atoms with Crippen molar-refractivity contribution < 1.29 is 4.74 Å². The number of anilines is 1. The molecular formula is C10H13BrN2O. The van der Waals surface area contributed by atoms with E-state index in [-0.39, 0.29) is 0 Å². The van der Waals surface area contributed by atoms with Crippen molar-refractivity contribution in [3.8, 4) is 0 Å². The first-order valence-corrected chi connectivity index (χ1v) is 5.51. The van der Waals surface area contributed by atoms with Gasteiger partial charge in [-0.05, 0) is 40.9 Å². The summed E-state index contributed by atoms with van der Waals surface area (Å²) in [5.41, 5.74) is 1.20. The molecule has 1 aromatic rings. The largest absolute Gasteiger partial charge is 0.379 e. The van der Waals surface area contributed by atoms with Gasteiger partial charge >= 0.3 is 0 Å². The Morgan fingerprint density at radius 1 is 1.64 bits per heavy atom. The molecule has 4 heteroatoms. The molecule has 1 aliphatic heterocycles. The third kappa shape index (κ3) is 2.25. The monoisotopic (exact) mass is 256 g/mol. The van der Waals surface area contributed by atoms with Gasteiger partial charge in [-0.25, -0.2) is 4.98 Å². The Hall–Kier alpha value is -0.610. The van der Waals surface area contributed by atoms with Gasteiger partial charge in [-0.1, -0.05) is 0 Å². The lowest BCUT2D eigenvalue weighted by molar-refractivity contribution is 0.195. The van der Waals surface area contributed by atoms with Crippen molar-refractivity contribution in [2.24, 2.45) is 0 Å². The van der Waals surface area contributed by atoms with Gasteiger partial charge in [-0.2, -0.15) is 0 Å². The fraction of sp³-hybridized carbons (Fsp3) is 0.500. The highest BCUT2D eigenvalue weighted by Crippen LogP contribution is 2.18. The lowest BCUT2D eigenvalue weighted by Crippen LogP contribution is -2.19. The Morgan fingerprint density at radius 3 is 3.14 bits per heavy atom. The molecule has 0 aromatic carbocycles. The Labute approximate surface area is 92.0 Å². The minimum atomic E-state index is 0.420. The number of aryl methyl sites for hydroxylation is 1. The van der Waals surface area contributed by atoms with E-state index in [1.54, 1.807) is 0 Å². The van der Waals surface area contributed by atoms with Crippen molar-refractivity contribution in [1.82, 2.24) is 4.98 Å². The first-order chi connectivity index (χ1) is 6.75. The molecular weight excluding hydrogens is 244 g/mol. The summed E-state index contributed by atoms with van der Waals surface area (Å²) in [5, 5.41) is 3.35. The number of ether oxygens (including phenoxy) is 1. The van der Waals surface area contributed by atoms with Crippen molar-refractivity contribution in [2.45, 2.75) is 19.4 Å². The van der Waals surface area contributed by atoms with Gasteiger partial charge in [0, 0.05) is 17.3 Å². The molecule has 1 fully saturated rings. The molecule has 0 aliphatic carbocycles. The Balaban J connectivity index is 2.05. The van der Waals surface area contributed by atoms with Gasteiger partial charge in [-0.3, -0.25) is 0 Å². The summed E-state index contributed by atoms with van der Waals surface area (Å²) in [5.74, 6) is 0.932. The number of rotatable bonds is 2. The molecule has 1 saturated heterocycles. The SMILES string of the molecule is Cc1cc(NC2CCOC2)ncc1Br. The summed E-state index contributed by atoms with van der Waals surface area (Å²) >= 11 is 3.43. The number of pyridine rings is 1. The predicted octanol–water partition coefficient (Wildman–Crippen LogP) is 2.35. The minimum Gasteiger partial charge on any atom is -0.379 e. The van der Waals surface area contributed by atoms with E-state index in [9.17, 15) is 0 Å². The van der Waals surface area contributed by atoms with Crippen LogP contribution in [0.15, 0.2) is 16.7 Å². The quantitative estimate of drug-likeness (QED) is 0.883. The first kappa shape index (κ1) is 9.93. The molecule has 2 heterocycles. The highest BCUT2D eigenvalue weighted by Gasteiger charge is 2.15. The molecule has 1 unspecified atom stereocenters. The summed E-state index contributed by atoms with van der Waals surface area (Å²) in [6.45, 7) is 3.70. The second-order valence-corrected chi connectivity index (χ2v) is 4.38. The van der Waals surface area contributed by atoms with E-state index in [4.69, 9.17) is 4.74 Å². The second-order valence-electron chi connectivity index (χ2n) is 3.52. The van der Waals surface area contributed by atoms with Crippen LogP contribution in [0.25, 0.3) is 0 Å². The maximum Gasteiger partial charge on any atom is 0.126 e. The summed E-state index contributed by atoms with van der Waals surface area (Å²) in [6.07, 6.45) is 2.89. The summed E-state index contributed by atoms with van der Waals surface area (Å²) in [6, 6.07) is 2.46. The fourth-order valence-corrected chi connectivity index (χ4v) is 1.69. The van der Waals surface area contributed by atoms with E-state index < -0.39 is 0 Å². The van der Waals surface area contributed by atoms with Crippen molar-refractivity contribution in [3.63, 3.8) is 0 Å². The number of halogens is 1. The van der Waals surface area contributed by atoms with Gasteiger partial charge in [0.05, 0.1) is 12.6 Å². The highest BCUT2D eigenvalue weighted by molar-refractivity contribution is 9.10. The van der Waals surface area contributed by atoms with Crippen LogP contribution >= 0.6 is 15.9 Å². The van der Waals surface area contributed by atoms with Crippen molar-refractivity contribution >= 4 is 21.7 Å². The molecule has 0 amide bonds. The lowest BCUT2D eigenvalue weighted by Gasteiger charge is -2.11. The van der Waals surface area contributed by atoms with Gasteiger partial charge in [-0.15, -0.1) is 0 Å². The average molecular weight is 257 g/mol. The molecule has 2 rings (SSSR count). The topological polar surface area (TPSA) is 34.1 Å². The molecule has 0 saturated carbocycles. The van der Waals surface area contributed by atoms with E-state index in [2.05, 4.69) is 33.2 Å². The molecule has 1 aromatic heterocycles. The van der Waals surface area contributed by atoms with Crippen LogP contribution in [0.4, 0.5) is 5.82 Å². The van der Waals surface area contributed by atoms with Gasteiger partial charge in [0.25, 0.3) is 0 Å². The zero-order chi connectivity index (χ0) is 9.97. The molecule has 0 spiro atoms. The van der Waals surface area contributed by atoms with E-state index in [0.717, 1.165) is 29.9 Å². The molecule has 1 aliphatic rings. The number of nitrogens with zero attached hydrogens (tertiary/aromatic N) is 1. The fourth-order valence-electron chi connectivity index (χ4n) is 1.48. The van der Waals surface area contributed by atoms with Crippen LogP contribution in [0, 0.1) is 6.92 Å². The van der Waals surface area contributed by atoms with E-state index >= 15 is 0 Å². The first-order valence-electron chi connectivity index (χ1n) is 4.72. The molecule has 76 valence electrons. The molecule has 0 bridgehead atoms. The number of aromatic nitrogens is 1. The zero-order valence-electron chi connectivity index (χ0n) is 8.09. The van der Waals surface area contributed by atoms with Crippen molar-refractivity contribution in [3.05, 3.63) is 22.3 Å². The van der Waals surface area contributed by atoms with E-state index in [0.29, 0.717) is 6.04 Å². The highest BCUT2D eigenvalue weighted by atomic mass is 79.9. The average Bonchev–Trinajstić information content (AvgIpc) is 2.64. The predicted molar refractivity (Wildman–Crippen MR) is 59.5 cm³/mol. The number of hydrogen-bond donors (Lipinski definition) is 1. The maximum absolute atomic E-state index is 5.28. The third-order valence-corrected chi connectivity index (χ3v) is 3.16. The summed E-state index contributed by atoms with van der Waals surface area (Å²) in [7, 11) is 0. The standard InChI is InChI=1S/C10H13BrN2O/c1-7-4-10(12-5-9(7)11)13-8-2-3-14-6-8/h4-5,8H,2-3,6H2,1H3,(H,12,13). The lowest BCUT2D eigenvalue weighted by atomic mass is 10.2. The minimum absolute atomic E-state index is 0.420. The van der Waals surface area contributed by atoms with Gasteiger partial charge < -0.3 is 10.1 Å². The summed E-state index contributed by atoms with van der Waals surface area (Å²) < 4.78 is 6.33. The summed E-state index contributed by atoms with van der Waals surface area (Å²) in [4.78, 5) is 4.29.